The molecular weight excluding hydrogens is 453 g/mol. The lowest BCUT2D eigenvalue weighted by Gasteiger charge is -2.53. The Morgan fingerprint density at radius 2 is 1.23 bits per heavy atom. The third-order valence-electron chi connectivity index (χ3n) is 5.85. The molecule has 0 radical (unpaired) electrons. The van der Waals surface area contributed by atoms with Crippen LogP contribution in [0.25, 0.3) is 0 Å². The van der Waals surface area contributed by atoms with Crippen molar-refractivity contribution < 1.29 is 53.4 Å². The molecule has 2 atom stereocenters. The quantitative estimate of drug-likeness (QED) is 0.473. The van der Waals surface area contributed by atoms with Gasteiger partial charge in [0.1, 0.15) is 0 Å². The Morgan fingerprint density at radius 1 is 0.806 bits per heavy atom. The Kier molecular flexibility index (Phi) is 5.76. The van der Waals surface area contributed by atoms with Gasteiger partial charge in [-0.25, -0.2) is 4.39 Å². The van der Waals surface area contributed by atoms with Crippen LogP contribution in [0.3, 0.4) is 0 Å². The van der Waals surface area contributed by atoms with E-state index in [1.807, 2.05) is 0 Å². The number of alkyl halides is 11. The fourth-order valence-corrected chi connectivity index (χ4v) is 3.50. The van der Waals surface area contributed by atoms with Gasteiger partial charge in [-0.2, -0.15) is 43.9 Å². The summed E-state index contributed by atoms with van der Waals surface area (Å²) in [5.74, 6) is -35.8. The molecule has 12 heteroatoms. The van der Waals surface area contributed by atoms with E-state index in [-0.39, 0.29) is 5.92 Å². The van der Waals surface area contributed by atoms with Crippen molar-refractivity contribution in [3.63, 3.8) is 0 Å². The van der Waals surface area contributed by atoms with E-state index in [9.17, 15) is 49.0 Å². The first-order valence-electron chi connectivity index (χ1n) is 9.06. The summed E-state index contributed by atoms with van der Waals surface area (Å²) in [5.41, 5.74) is -9.48. The Hall–Kier alpha value is -1.59. The molecule has 0 aromatic heterocycles. The summed E-state index contributed by atoms with van der Waals surface area (Å²) < 4.78 is 153. The molecule has 178 valence electrons. The SMILES string of the molecule is CCC(C)c1cccc(C(C)(O)CC2(F)C(F)(F)C(F)(F)C(F)(F)C(F)(F)C2(F)F)c1. The maximum atomic E-state index is 15.0. The predicted octanol–water partition coefficient (Wildman–Crippen LogP) is 6.70. The Labute approximate surface area is 170 Å². The number of benzene rings is 1. The van der Waals surface area contributed by atoms with Crippen molar-refractivity contribution in [3.05, 3.63) is 35.4 Å². The summed E-state index contributed by atoms with van der Waals surface area (Å²) in [7, 11) is 0. The largest absolute Gasteiger partial charge is 0.385 e. The molecule has 2 unspecified atom stereocenters. The molecular formula is C19H19F11O. The summed E-state index contributed by atoms with van der Waals surface area (Å²) in [6.07, 6.45) is -2.20. The van der Waals surface area contributed by atoms with Crippen LogP contribution in [-0.2, 0) is 5.60 Å². The van der Waals surface area contributed by atoms with Crippen LogP contribution in [0.5, 0.6) is 0 Å². The van der Waals surface area contributed by atoms with Gasteiger partial charge in [0.25, 0.3) is 5.67 Å². The minimum absolute atomic E-state index is 0.222. The molecule has 31 heavy (non-hydrogen) atoms. The summed E-state index contributed by atoms with van der Waals surface area (Å²) >= 11 is 0. The number of hydrogen-bond acceptors (Lipinski definition) is 1. The number of rotatable bonds is 5. The van der Waals surface area contributed by atoms with Crippen LogP contribution in [0.15, 0.2) is 24.3 Å². The second kappa shape index (κ2) is 6.95. The van der Waals surface area contributed by atoms with Crippen LogP contribution in [0.2, 0.25) is 0 Å². The molecule has 0 spiro atoms. The maximum absolute atomic E-state index is 15.0. The van der Waals surface area contributed by atoms with Gasteiger partial charge in [0.2, 0.25) is 0 Å². The van der Waals surface area contributed by atoms with Gasteiger partial charge in [-0.3, -0.25) is 0 Å². The topological polar surface area (TPSA) is 20.2 Å². The normalized spacial score (nSPS) is 27.8. The molecule has 0 bridgehead atoms. The van der Waals surface area contributed by atoms with E-state index < -0.39 is 52.9 Å². The van der Waals surface area contributed by atoms with Crippen molar-refractivity contribution in [1.29, 1.82) is 0 Å². The highest BCUT2D eigenvalue weighted by atomic mass is 19.4. The molecule has 1 aromatic carbocycles. The van der Waals surface area contributed by atoms with Gasteiger partial charge in [-0.15, -0.1) is 0 Å². The molecule has 0 saturated heterocycles. The molecule has 1 aliphatic carbocycles. The molecule has 1 aliphatic rings. The highest BCUT2D eigenvalue weighted by Gasteiger charge is 3.01. The first kappa shape index (κ1) is 25.7. The zero-order chi connectivity index (χ0) is 24.5. The van der Waals surface area contributed by atoms with Crippen LogP contribution in [0, 0.1) is 0 Å². The van der Waals surface area contributed by atoms with E-state index in [2.05, 4.69) is 0 Å². The standard InChI is InChI=1S/C19H19F11O/c1-4-10(2)11-6-5-7-12(8-11)13(3,31)9-14(20)15(21,22)17(25,26)19(29,30)18(27,28)16(14,23)24/h5-8,10,31H,4,9H2,1-3H3. The lowest BCUT2D eigenvalue weighted by atomic mass is 9.67. The fraction of sp³-hybridized carbons (Fsp3) is 0.684. The minimum Gasteiger partial charge on any atom is -0.385 e. The monoisotopic (exact) mass is 472 g/mol. The molecule has 1 nitrogen and oxygen atoms in total. The first-order chi connectivity index (χ1) is 13.7. The molecule has 1 fully saturated rings. The smallest absolute Gasteiger partial charge is 0.384 e. The second-order valence-electron chi connectivity index (χ2n) is 8.06. The Balaban J connectivity index is 2.67. The number of aliphatic hydroxyl groups is 1. The van der Waals surface area contributed by atoms with Gasteiger partial charge in [0.05, 0.1) is 5.60 Å². The van der Waals surface area contributed by atoms with Gasteiger partial charge in [0.15, 0.2) is 0 Å². The van der Waals surface area contributed by atoms with Crippen molar-refractivity contribution in [1.82, 2.24) is 0 Å². The summed E-state index contributed by atoms with van der Waals surface area (Å²) in [6.45, 7) is 3.87. The van der Waals surface area contributed by atoms with Gasteiger partial charge < -0.3 is 5.11 Å². The number of hydrogen-bond donors (Lipinski definition) is 1. The van der Waals surface area contributed by atoms with E-state index in [4.69, 9.17) is 0 Å². The zero-order valence-corrected chi connectivity index (χ0v) is 16.4. The van der Waals surface area contributed by atoms with E-state index in [0.29, 0.717) is 18.9 Å². The van der Waals surface area contributed by atoms with E-state index in [1.54, 1.807) is 13.8 Å². The average Bonchev–Trinajstić information content (AvgIpc) is 2.65. The van der Waals surface area contributed by atoms with Gasteiger partial charge >= 0.3 is 29.6 Å². The van der Waals surface area contributed by atoms with Crippen LogP contribution in [0.4, 0.5) is 48.3 Å². The van der Waals surface area contributed by atoms with Crippen LogP contribution in [-0.4, -0.2) is 40.4 Å². The van der Waals surface area contributed by atoms with Crippen LogP contribution >= 0.6 is 0 Å². The second-order valence-corrected chi connectivity index (χ2v) is 8.06. The molecule has 0 heterocycles. The Bertz CT molecular complexity index is 802. The van der Waals surface area contributed by atoms with Crippen LogP contribution in [0.1, 0.15) is 50.7 Å². The summed E-state index contributed by atoms with van der Waals surface area (Å²) in [6, 6.07) is 4.71. The molecule has 0 aliphatic heterocycles. The molecule has 0 amide bonds. The van der Waals surface area contributed by atoms with E-state index in [1.165, 1.54) is 12.1 Å². The van der Waals surface area contributed by atoms with E-state index in [0.717, 1.165) is 12.1 Å². The van der Waals surface area contributed by atoms with Crippen molar-refractivity contribution in [2.24, 2.45) is 0 Å². The highest BCUT2D eigenvalue weighted by Crippen LogP contribution is 2.71. The minimum atomic E-state index is -7.27. The third kappa shape index (κ3) is 3.06. The van der Waals surface area contributed by atoms with Gasteiger partial charge in [-0.1, -0.05) is 38.1 Å². The average molecular weight is 472 g/mol. The third-order valence-corrected chi connectivity index (χ3v) is 5.85. The van der Waals surface area contributed by atoms with Crippen molar-refractivity contribution in [2.75, 3.05) is 0 Å². The predicted molar refractivity (Wildman–Crippen MR) is 87.9 cm³/mol. The van der Waals surface area contributed by atoms with Crippen molar-refractivity contribution >= 4 is 0 Å². The fourth-order valence-electron chi connectivity index (χ4n) is 3.50. The Morgan fingerprint density at radius 3 is 1.65 bits per heavy atom. The molecule has 1 aromatic rings. The van der Waals surface area contributed by atoms with Gasteiger partial charge in [0, 0.05) is 6.42 Å². The molecule has 1 N–H and O–H groups in total. The summed E-state index contributed by atoms with van der Waals surface area (Å²) in [5, 5.41) is 10.4. The molecule has 1 saturated carbocycles. The zero-order valence-electron chi connectivity index (χ0n) is 16.4. The number of halogens is 11. The van der Waals surface area contributed by atoms with Gasteiger partial charge in [-0.05, 0) is 30.4 Å². The summed E-state index contributed by atoms with van der Waals surface area (Å²) in [4.78, 5) is 0. The van der Waals surface area contributed by atoms with Crippen molar-refractivity contribution in [3.8, 4) is 0 Å². The van der Waals surface area contributed by atoms with E-state index >= 15 is 4.39 Å². The lowest BCUT2D eigenvalue weighted by molar-refractivity contribution is -0.488. The van der Waals surface area contributed by atoms with Crippen LogP contribution < -0.4 is 0 Å². The highest BCUT2D eigenvalue weighted by molar-refractivity contribution is 5.33. The first-order valence-corrected chi connectivity index (χ1v) is 9.06. The lowest BCUT2D eigenvalue weighted by Crippen LogP contribution is -2.84. The maximum Gasteiger partial charge on any atom is 0.384 e. The molecule has 2 rings (SSSR count). The van der Waals surface area contributed by atoms with Crippen molar-refractivity contribution in [2.45, 2.75) is 80.4 Å².